The van der Waals surface area contributed by atoms with Crippen LogP contribution in [0, 0.1) is 5.82 Å². The van der Waals surface area contributed by atoms with Gasteiger partial charge in [-0.1, -0.05) is 13.3 Å². The SMILES string of the molecule is CCCCOCCCNC(=O)c1ccc(Br)c(F)c1. The molecule has 0 spiro atoms. The van der Waals surface area contributed by atoms with E-state index in [1.165, 1.54) is 12.1 Å². The summed E-state index contributed by atoms with van der Waals surface area (Å²) in [6.07, 6.45) is 2.94. The maximum atomic E-state index is 13.3. The van der Waals surface area contributed by atoms with Crippen LogP contribution in [0.2, 0.25) is 0 Å². The van der Waals surface area contributed by atoms with Crippen molar-refractivity contribution in [3.63, 3.8) is 0 Å². The molecule has 19 heavy (non-hydrogen) atoms. The zero-order chi connectivity index (χ0) is 14.1. The van der Waals surface area contributed by atoms with Crippen LogP contribution in [0.25, 0.3) is 0 Å². The third kappa shape index (κ3) is 6.16. The van der Waals surface area contributed by atoms with Crippen LogP contribution in [0.4, 0.5) is 4.39 Å². The highest BCUT2D eigenvalue weighted by Gasteiger charge is 2.07. The van der Waals surface area contributed by atoms with Crippen LogP contribution in [0.5, 0.6) is 0 Å². The van der Waals surface area contributed by atoms with E-state index in [1.54, 1.807) is 6.07 Å². The fourth-order valence-corrected chi connectivity index (χ4v) is 1.71. The highest BCUT2D eigenvalue weighted by Crippen LogP contribution is 2.16. The Morgan fingerprint density at radius 3 is 2.79 bits per heavy atom. The summed E-state index contributed by atoms with van der Waals surface area (Å²) in [5.41, 5.74) is 0.326. The van der Waals surface area contributed by atoms with Gasteiger partial charge in [0.05, 0.1) is 4.47 Å². The van der Waals surface area contributed by atoms with Crippen LogP contribution >= 0.6 is 15.9 Å². The van der Waals surface area contributed by atoms with E-state index in [-0.39, 0.29) is 5.91 Å². The summed E-state index contributed by atoms with van der Waals surface area (Å²) in [6.45, 7) is 4.04. The molecule has 1 aromatic carbocycles. The van der Waals surface area contributed by atoms with Gasteiger partial charge in [0.15, 0.2) is 0 Å². The van der Waals surface area contributed by atoms with Gasteiger partial charge in [0.25, 0.3) is 5.91 Å². The summed E-state index contributed by atoms with van der Waals surface area (Å²) in [6, 6.07) is 4.33. The lowest BCUT2D eigenvalue weighted by Gasteiger charge is -2.06. The van der Waals surface area contributed by atoms with Crippen molar-refractivity contribution in [2.75, 3.05) is 19.8 Å². The molecule has 0 aliphatic heterocycles. The molecular formula is C14H19BrFNO2. The topological polar surface area (TPSA) is 38.3 Å². The minimum absolute atomic E-state index is 0.264. The number of rotatable bonds is 8. The molecule has 0 fully saturated rings. The van der Waals surface area contributed by atoms with E-state index in [2.05, 4.69) is 28.2 Å². The van der Waals surface area contributed by atoms with Gasteiger partial charge in [0.2, 0.25) is 0 Å². The Balaban J connectivity index is 2.22. The molecule has 5 heteroatoms. The molecule has 0 aromatic heterocycles. The Morgan fingerprint density at radius 1 is 1.37 bits per heavy atom. The monoisotopic (exact) mass is 331 g/mol. The molecule has 0 saturated heterocycles. The van der Waals surface area contributed by atoms with E-state index in [1.807, 2.05) is 0 Å². The summed E-state index contributed by atoms with van der Waals surface area (Å²) >= 11 is 3.05. The maximum Gasteiger partial charge on any atom is 0.251 e. The minimum atomic E-state index is -0.435. The van der Waals surface area contributed by atoms with Gasteiger partial charge in [0.1, 0.15) is 5.82 Å². The van der Waals surface area contributed by atoms with Gasteiger partial charge in [0, 0.05) is 25.3 Å². The Bertz CT molecular complexity index is 412. The van der Waals surface area contributed by atoms with E-state index in [9.17, 15) is 9.18 Å². The Labute approximate surface area is 121 Å². The predicted molar refractivity (Wildman–Crippen MR) is 76.8 cm³/mol. The second-order valence-electron chi connectivity index (χ2n) is 4.20. The molecule has 0 unspecified atom stereocenters. The van der Waals surface area contributed by atoms with Crippen molar-refractivity contribution in [2.45, 2.75) is 26.2 Å². The van der Waals surface area contributed by atoms with E-state index >= 15 is 0 Å². The summed E-state index contributed by atoms with van der Waals surface area (Å²) in [5, 5.41) is 2.74. The second-order valence-corrected chi connectivity index (χ2v) is 5.06. The number of unbranched alkanes of at least 4 members (excludes halogenated alkanes) is 1. The fraction of sp³-hybridized carbons (Fsp3) is 0.500. The van der Waals surface area contributed by atoms with E-state index in [0.29, 0.717) is 23.2 Å². The molecule has 0 heterocycles. The number of nitrogens with one attached hydrogen (secondary N) is 1. The number of hydrogen-bond donors (Lipinski definition) is 1. The standard InChI is InChI=1S/C14H19BrFNO2/c1-2-3-8-19-9-4-7-17-14(18)11-5-6-12(15)13(16)10-11/h5-6,10H,2-4,7-9H2,1H3,(H,17,18). The zero-order valence-electron chi connectivity index (χ0n) is 11.0. The molecule has 1 aromatic rings. The van der Waals surface area contributed by atoms with Crippen molar-refractivity contribution in [2.24, 2.45) is 0 Å². The third-order valence-electron chi connectivity index (χ3n) is 2.58. The van der Waals surface area contributed by atoms with Gasteiger partial charge in [-0.05, 0) is 47.0 Å². The van der Waals surface area contributed by atoms with Crippen LogP contribution in [0.3, 0.4) is 0 Å². The normalized spacial score (nSPS) is 10.5. The molecule has 0 aliphatic carbocycles. The molecule has 0 aliphatic rings. The van der Waals surface area contributed by atoms with Crippen molar-refractivity contribution in [3.8, 4) is 0 Å². The van der Waals surface area contributed by atoms with Crippen molar-refractivity contribution in [1.29, 1.82) is 0 Å². The number of carbonyl (C=O) groups is 1. The molecule has 1 amide bonds. The van der Waals surface area contributed by atoms with Gasteiger partial charge >= 0.3 is 0 Å². The minimum Gasteiger partial charge on any atom is -0.381 e. The van der Waals surface area contributed by atoms with Gasteiger partial charge in [-0.2, -0.15) is 0 Å². The highest BCUT2D eigenvalue weighted by atomic mass is 79.9. The maximum absolute atomic E-state index is 13.3. The number of carbonyl (C=O) groups excluding carboxylic acids is 1. The third-order valence-corrected chi connectivity index (χ3v) is 3.22. The second kappa shape index (κ2) is 9.04. The summed E-state index contributed by atoms with van der Waals surface area (Å²) in [7, 11) is 0. The molecule has 1 N–H and O–H groups in total. The first-order chi connectivity index (χ1) is 9.15. The lowest BCUT2D eigenvalue weighted by molar-refractivity contribution is 0.0940. The fourth-order valence-electron chi connectivity index (χ4n) is 1.46. The quantitative estimate of drug-likeness (QED) is 0.740. The molecular weight excluding hydrogens is 313 g/mol. The average molecular weight is 332 g/mol. The van der Waals surface area contributed by atoms with Crippen molar-refractivity contribution in [3.05, 3.63) is 34.1 Å². The van der Waals surface area contributed by atoms with Gasteiger partial charge in [-0.15, -0.1) is 0 Å². The largest absolute Gasteiger partial charge is 0.381 e. The number of benzene rings is 1. The van der Waals surface area contributed by atoms with Gasteiger partial charge < -0.3 is 10.1 Å². The van der Waals surface area contributed by atoms with Crippen LogP contribution in [0.1, 0.15) is 36.5 Å². The van der Waals surface area contributed by atoms with Crippen LogP contribution in [-0.4, -0.2) is 25.7 Å². The number of ether oxygens (including phenoxy) is 1. The summed E-state index contributed by atoms with van der Waals surface area (Å²) < 4.78 is 19.0. The number of hydrogen-bond acceptors (Lipinski definition) is 2. The predicted octanol–water partition coefficient (Wildman–Crippen LogP) is 3.52. The Hall–Kier alpha value is -0.940. The van der Waals surface area contributed by atoms with E-state index in [0.717, 1.165) is 25.9 Å². The first-order valence-electron chi connectivity index (χ1n) is 6.46. The molecule has 0 saturated carbocycles. The van der Waals surface area contributed by atoms with Crippen LogP contribution < -0.4 is 5.32 Å². The molecule has 106 valence electrons. The highest BCUT2D eigenvalue weighted by molar-refractivity contribution is 9.10. The zero-order valence-corrected chi connectivity index (χ0v) is 12.6. The van der Waals surface area contributed by atoms with Crippen molar-refractivity contribution < 1.29 is 13.9 Å². The van der Waals surface area contributed by atoms with Crippen molar-refractivity contribution >= 4 is 21.8 Å². The molecule has 3 nitrogen and oxygen atoms in total. The first kappa shape index (κ1) is 16.1. The summed E-state index contributed by atoms with van der Waals surface area (Å²) in [4.78, 5) is 11.7. The van der Waals surface area contributed by atoms with E-state index < -0.39 is 5.82 Å². The number of halogens is 2. The molecule has 0 radical (unpaired) electrons. The summed E-state index contributed by atoms with van der Waals surface area (Å²) in [5.74, 6) is -0.699. The lowest BCUT2D eigenvalue weighted by atomic mass is 10.2. The first-order valence-corrected chi connectivity index (χ1v) is 7.25. The van der Waals surface area contributed by atoms with E-state index in [4.69, 9.17) is 4.74 Å². The Kier molecular flexibility index (Phi) is 7.67. The average Bonchev–Trinajstić information content (AvgIpc) is 2.40. The molecule has 1 rings (SSSR count). The number of amides is 1. The lowest BCUT2D eigenvalue weighted by Crippen LogP contribution is -2.25. The smallest absolute Gasteiger partial charge is 0.251 e. The van der Waals surface area contributed by atoms with Crippen molar-refractivity contribution in [1.82, 2.24) is 5.32 Å². The van der Waals surface area contributed by atoms with Gasteiger partial charge in [-0.3, -0.25) is 4.79 Å². The van der Waals surface area contributed by atoms with Crippen LogP contribution in [0.15, 0.2) is 22.7 Å². The van der Waals surface area contributed by atoms with Crippen LogP contribution in [-0.2, 0) is 4.74 Å². The Morgan fingerprint density at radius 2 is 2.11 bits per heavy atom. The van der Waals surface area contributed by atoms with Gasteiger partial charge in [-0.25, -0.2) is 4.39 Å². The molecule has 0 bridgehead atoms. The molecule has 0 atom stereocenters.